The fraction of sp³-hybridized carbons (Fsp3) is 0.444. The first-order valence-electron chi connectivity index (χ1n) is 8.31. The van der Waals surface area contributed by atoms with Gasteiger partial charge in [-0.05, 0) is 25.6 Å². The fourth-order valence-electron chi connectivity index (χ4n) is 2.83. The molecular weight excluding hydrogens is 286 g/mol. The van der Waals surface area contributed by atoms with Crippen LogP contribution in [-0.4, -0.2) is 54.6 Å². The second-order valence-corrected chi connectivity index (χ2v) is 6.00. The zero-order valence-electron chi connectivity index (χ0n) is 14.0. The number of hydrogen-bond acceptors (Lipinski definition) is 5. The van der Waals surface area contributed by atoms with E-state index in [4.69, 9.17) is 4.98 Å². The van der Waals surface area contributed by atoms with E-state index in [-0.39, 0.29) is 0 Å². The highest BCUT2D eigenvalue weighted by Crippen LogP contribution is 2.18. The summed E-state index contributed by atoms with van der Waals surface area (Å²) < 4.78 is 0. The van der Waals surface area contributed by atoms with Gasteiger partial charge in [0.1, 0.15) is 5.82 Å². The van der Waals surface area contributed by atoms with Crippen LogP contribution in [0.5, 0.6) is 0 Å². The monoisotopic (exact) mass is 311 g/mol. The molecule has 1 saturated heterocycles. The maximum Gasteiger partial charge on any atom is 0.227 e. The quantitative estimate of drug-likeness (QED) is 0.846. The molecule has 2 aromatic rings. The van der Waals surface area contributed by atoms with Gasteiger partial charge in [0.2, 0.25) is 5.95 Å². The molecule has 5 heteroatoms. The molecule has 2 heterocycles. The topological polar surface area (TPSA) is 35.5 Å². The van der Waals surface area contributed by atoms with Crippen LogP contribution in [0.15, 0.2) is 42.6 Å². The van der Waals surface area contributed by atoms with Crippen molar-refractivity contribution in [2.75, 3.05) is 49.6 Å². The Morgan fingerprint density at radius 3 is 2.48 bits per heavy atom. The van der Waals surface area contributed by atoms with E-state index in [9.17, 15) is 0 Å². The predicted octanol–water partition coefficient (Wildman–Crippen LogP) is 2.25. The van der Waals surface area contributed by atoms with E-state index in [0.29, 0.717) is 0 Å². The minimum atomic E-state index is 0.813. The van der Waals surface area contributed by atoms with E-state index in [1.165, 1.54) is 5.56 Å². The van der Waals surface area contributed by atoms with Gasteiger partial charge in [-0.15, -0.1) is 0 Å². The molecule has 0 aliphatic carbocycles. The first-order chi connectivity index (χ1) is 11.3. The molecule has 1 aliphatic heterocycles. The molecule has 0 N–H and O–H groups in total. The minimum absolute atomic E-state index is 0.813. The SMILES string of the molecule is CCN(Cc1ccccc1)c1nccc(N2CCN(C)CC2)n1. The van der Waals surface area contributed by atoms with Crippen molar-refractivity contribution in [3.8, 4) is 0 Å². The molecule has 1 aromatic heterocycles. The third-order valence-electron chi connectivity index (χ3n) is 4.34. The number of piperazine rings is 1. The lowest BCUT2D eigenvalue weighted by molar-refractivity contribution is 0.312. The molecule has 0 radical (unpaired) electrons. The largest absolute Gasteiger partial charge is 0.354 e. The molecule has 1 aromatic carbocycles. The van der Waals surface area contributed by atoms with Crippen molar-refractivity contribution in [2.24, 2.45) is 0 Å². The van der Waals surface area contributed by atoms with E-state index in [1.807, 2.05) is 18.3 Å². The first kappa shape index (κ1) is 15.7. The van der Waals surface area contributed by atoms with Crippen LogP contribution in [0, 0.1) is 0 Å². The highest BCUT2D eigenvalue weighted by Gasteiger charge is 2.17. The van der Waals surface area contributed by atoms with Crippen molar-refractivity contribution in [1.82, 2.24) is 14.9 Å². The van der Waals surface area contributed by atoms with Crippen molar-refractivity contribution in [3.63, 3.8) is 0 Å². The summed E-state index contributed by atoms with van der Waals surface area (Å²) >= 11 is 0. The Labute approximate surface area is 138 Å². The van der Waals surface area contributed by atoms with Gasteiger partial charge in [-0.25, -0.2) is 4.98 Å². The van der Waals surface area contributed by atoms with E-state index in [0.717, 1.165) is 51.0 Å². The number of benzene rings is 1. The molecule has 23 heavy (non-hydrogen) atoms. The number of anilines is 2. The van der Waals surface area contributed by atoms with Gasteiger partial charge >= 0.3 is 0 Å². The summed E-state index contributed by atoms with van der Waals surface area (Å²) in [7, 11) is 2.17. The van der Waals surface area contributed by atoms with Gasteiger partial charge < -0.3 is 14.7 Å². The molecule has 3 rings (SSSR count). The summed E-state index contributed by atoms with van der Waals surface area (Å²) in [4.78, 5) is 16.2. The molecule has 0 spiro atoms. The Morgan fingerprint density at radius 2 is 1.78 bits per heavy atom. The van der Waals surface area contributed by atoms with E-state index >= 15 is 0 Å². The van der Waals surface area contributed by atoms with Gasteiger partial charge in [-0.1, -0.05) is 30.3 Å². The second-order valence-electron chi connectivity index (χ2n) is 6.00. The maximum absolute atomic E-state index is 4.81. The lowest BCUT2D eigenvalue weighted by atomic mass is 10.2. The summed E-state index contributed by atoms with van der Waals surface area (Å²) in [6.07, 6.45) is 1.88. The molecular formula is C18H25N5. The standard InChI is InChI=1S/C18H25N5/c1-3-22(15-16-7-5-4-6-8-16)18-19-10-9-17(20-18)23-13-11-21(2)12-14-23/h4-10H,3,11-15H2,1-2H3. The van der Waals surface area contributed by atoms with Gasteiger partial charge in [0, 0.05) is 45.5 Å². The molecule has 0 saturated carbocycles. The Bertz CT molecular complexity index is 608. The van der Waals surface area contributed by atoms with Crippen LogP contribution in [0.1, 0.15) is 12.5 Å². The molecule has 122 valence electrons. The predicted molar refractivity (Wildman–Crippen MR) is 94.9 cm³/mol. The smallest absolute Gasteiger partial charge is 0.227 e. The van der Waals surface area contributed by atoms with Crippen molar-refractivity contribution in [1.29, 1.82) is 0 Å². The Kier molecular flexibility index (Phi) is 5.08. The molecule has 0 bridgehead atoms. The van der Waals surface area contributed by atoms with Gasteiger partial charge in [-0.3, -0.25) is 0 Å². The average Bonchev–Trinajstić information content (AvgIpc) is 2.61. The van der Waals surface area contributed by atoms with Crippen molar-refractivity contribution >= 4 is 11.8 Å². The highest BCUT2D eigenvalue weighted by molar-refractivity contribution is 5.44. The van der Waals surface area contributed by atoms with Crippen LogP contribution in [0.4, 0.5) is 11.8 Å². The lowest BCUT2D eigenvalue weighted by Crippen LogP contribution is -2.45. The fourth-order valence-corrected chi connectivity index (χ4v) is 2.83. The van der Waals surface area contributed by atoms with Gasteiger partial charge in [0.05, 0.1) is 0 Å². The minimum Gasteiger partial charge on any atom is -0.354 e. The number of hydrogen-bond donors (Lipinski definition) is 0. The Morgan fingerprint density at radius 1 is 1.04 bits per heavy atom. The maximum atomic E-state index is 4.81. The number of rotatable bonds is 5. The number of nitrogens with zero attached hydrogens (tertiary/aromatic N) is 5. The zero-order valence-corrected chi connectivity index (χ0v) is 14.0. The molecule has 5 nitrogen and oxygen atoms in total. The van der Waals surface area contributed by atoms with Crippen molar-refractivity contribution in [3.05, 3.63) is 48.2 Å². The van der Waals surface area contributed by atoms with Crippen LogP contribution < -0.4 is 9.80 Å². The molecule has 1 fully saturated rings. The van der Waals surface area contributed by atoms with Crippen molar-refractivity contribution < 1.29 is 0 Å². The van der Waals surface area contributed by atoms with E-state index in [1.54, 1.807) is 0 Å². The molecule has 0 unspecified atom stereocenters. The van der Waals surface area contributed by atoms with Gasteiger partial charge in [-0.2, -0.15) is 4.98 Å². The van der Waals surface area contributed by atoms with Crippen molar-refractivity contribution in [2.45, 2.75) is 13.5 Å². The van der Waals surface area contributed by atoms with E-state index in [2.05, 4.69) is 57.9 Å². The number of aromatic nitrogens is 2. The zero-order chi connectivity index (χ0) is 16.1. The third kappa shape index (κ3) is 3.99. The highest BCUT2D eigenvalue weighted by atomic mass is 15.3. The summed E-state index contributed by atoms with van der Waals surface area (Å²) in [5.74, 6) is 1.85. The normalized spacial score (nSPS) is 15.7. The number of likely N-dealkylation sites (N-methyl/N-ethyl adjacent to an activating group) is 1. The summed E-state index contributed by atoms with van der Waals surface area (Å²) in [6.45, 7) is 8.09. The average molecular weight is 311 g/mol. The summed E-state index contributed by atoms with van der Waals surface area (Å²) in [5.41, 5.74) is 1.28. The van der Waals surface area contributed by atoms with E-state index < -0.39 is 0 Å². The molecule has 0 amide bonds. The van der Waals surface area contributed by atoms with Crippen LogP contribution in [0.25, 0.3) is 0 Å². The first-order valence-corrected chi connectivity index (χ1v) is 8.31. The van der Waals surface area contributed by atoms with Crippen LogP contribution in [0.2, 0.25) is 0 Å². The summed E-state index contributed by atoms with van der Waals surface area (Å²) in [6, 6.07) is 12.5. The summed E-state index contributed by atoms with van der Waals surface area (Å²) in [5, 5.41) is 0. The molecule has 1 aliphatic rings. The Hall–Kier alpha value is -2.14. The third-order valence-corrected chi connectivity index (χ3v) is 4.34. The second kappa shape index (κ2) is 7.42. The van der Waals surface area contributed by atoms with Crippen LogP contribution >= 0.6 is 0 Å². The van der Waals surface area contributed by atoms with Crippen LogP contribution in [-0.2, 0) is 6.54 Å². The van der Waals surface area contributed by atoms with Crippen LogP contribution in [0.3, 0.4) is 0 Å². The lowest BCUT2D eigenvalue weighted by Gasteiger charge is -2.33. The Balaban J connectivity index is 1.74. The molecule has 0 atom stereocenters. The van der Waals surface area contributed by atoms with Gasteiger partial charge in [0.15, 0.2) is 0 Å². The van der Waals surface area contributed by atoms with Gasteiger partial charge in [0.25, 0.3) is 0 Å².